The number of rotatable bonds is 8. The van der Waals surface area contributed by atoms with Gasteiger partial charge in [0, 0.05) is 43.3 Å². The summed E-state index contributed by atoms with van der Waals surface area (Å²) >= 11 is 1.48. The summed E-state index contributed by atoms with van der Waals surface area (Å²) in [4.78, 5) is 28.3. The first-order valence-electron chi connectivity index (χ1n) is 10.5. The molecule has 1 aliphatic heterocycles. The molecule has 1 N–H and O–H groups in total. The van der Waals surface area contributed by atoms with Crippen molar-refractivity contribution in [3.63, 3.8) is 0 Å². The van der Waals surface area contributed by atoms with E-state index in [1.54, 1.807) is 17.2 Å². The van der Waals surface area contributed by atoms with Gasteiger partial charge in [-0.25, -0.2) is 0 Å². The summed E-state index contributed by atoms with van der Waals surface area (Å²) in [6, 6.07) is 10.9. The molecule has 0 aliphatic carbocycles. The van der Waals surface area contributed by atoms with Gasteiger partial charge < -0.3 is 23.9 Å². The molecule has 3 heterocycles. The molecule has 0 spiro atoms. The van der Waals surface area contributed by atoms with E-state index in [0.29, 0.717) is 25.5 Å². The van der Waals surface area contributed by atoms with Crippen LogP contribution in [0.3, 0.4) is 0 Å². The molecule has 0 saturated heterocycles. The van der Waals surface area contributed by atoms with Gasteiger partial charge in [-0.1, -0.05) is 30.0 Å². The number of amides is 2. The Bertz CT molecular complexity index is 1060. The number of hydrogen-bond acceptors (Lipinski definition) is 5. The quantitative estimate of drug-likeness (QED) is 0.542. The van der Waals surface area contributed by atoms with Crippen molar-refractivity contribution < 1.29 is 18.7 Å². The zero-order chi connectivity index (χ0) is 21.8. The number of aryl methyl sites for hydroxylation is 1. The lowest BCUT2D eigenvalue weighted by Gasteiger charge is -2.29. The smallest absolute Gasteiger partial charge is 0.247 e. The minimum atomic E-state index is -0.735. The molecular weight excluding hydrogens is 414 g/mol. The molecule has 4 rings (SSSR count). The van der Waals surface area contributed by atoms with Gasteiger partial charge in [0.15, 0.2) is 0 Å². The molecule has 1 aliphatic rings. The lowest BCUT2D eigenvalue weighted by atomic mass is 10.0. The highest BCUT2D eigenvalue weighted by molar-refractivity contribution is 8.00. The summed E-state index contributed by atoms with van der Waals surface area (Å²) in [6.07, 6.45) is 2.30. The Morgan fingerprint density at radius 2 is 2.13 bits per heavy atom. The Labute approximate surface area is 185 Å². The van der Waals surface area contributed by atoms with Crippen LogP contribution >= 0.6 is 11.8 Å². The molecule has 0 saturated carbocycles. The van der Waals surface area contributed by atoms with Crippen LogP contribution in [0.5, 0.6) is 0 Å². The van der Waals surface area contributed by atoms with Crippen LogP contribution in [0.25, 0.3) is 10.9 Å². The van der Waals surface area contributed by atoms with Gasteiger partial charge in [0.25, 0.3) is 0 Å². The Hall–Kier alpha value is -2.71. The summed E-state index contributed by atoms with van der Waals surface area (Å²) in [5, 5.41) is 4.96. The van der Waals surface area contributed by atoms with Crippen molar-refractivity contribution in [3.05, 3.63) is 54.0 Å². The van der Waals surface area contributed by atoms with E-state index in [1.807, 2.05) is 44.3 Å². The van der Waals surface area contributed by atoms with Crippen LogP contribution in [0.2, 0.25) is 0 Å². The SMILES string of the molecule is CCOCCCNC(=O)[C@H]1c2c(n(C)c3ccccc23)SCC(=O)N1Cc1ccco1. The molecule has 0 fully saturated rings. The molecule has 8 heteroatoms. The van der Waals surface area contributed by atoms with Crippen molar-refractivity contribution in [3.8, 4) is 0 Å². The topological polar surface area (TPSA) is 76.7 Å². The summed E-state index contributed by atoms with van der Waals surface area (Å²) in [7, 11) is 1.98. The van der Waals surface area contributed by atoms with Crippen molar-refractivity contribution >= 4 is 34.5 Å². The van der Waals surface area contributed by atoms with Crippen LogP contribution in [-0.4, -0.2) is 46.8 Å². The van der Waals surface area contributed by atoms with E-state index < -0.39 is 6.04 Å². The van der Waals surface area contributed by atoms with Crippen molar-refractivity contribution in [2.24, 2.45) is 7.05 Å². The van der Waals surface area contributed by atoms with Gasteiger partial charge in [0.1, 0.15) is 11.8 Å². The number of carbonyl (C=O) groups is 2. The number of benzene rings is 1. The lowest BCUT2D eigenvalue weighted by Crippen LogP contribution is -2.43. The van der Waals surface area contributed by atoms with Gasteiger partial charge in [0.05, 0.1) is 23.6 Å². The van der Waals surface area contributed by atoms with E-state index in [1.165, 1.54) is 11.8 Å². The van der Waals surface area contributed by atoms with Crippen LogP contribution in [0.1, 0.15) is 30.7 Å². The first kappa shape index (κ1) is 21.5. The maximum absolute atomic E-state index is 13.5. The van der Waals surface area contributed by atoms with E-state index in [-0.39, 0.29) is 24.1 Å². The third-order valence-corrected chi connectivity index (χ3v) is 6.61. The normalized spacial score (nSPS) is 16.4. The molecule has 7 nitrogen and oxygen atoms in total. The van der Waals surface area contributed by atoms with Gasteiger partial charge in [-0.05, 0) is 31.5 Å². The van der Waals surface area contributed by atoms with Crippen LogP contribution in [0.4, 0.5) is 0 Å². The molecule has 0 unspecified atom stereocenters. The Morgan fingerprint density at radius 3 is 2.90 bits per heavy atom. The van der Waals surface area contributed by atoms with Crippen LogP contribution in [0.15, 0.2) is 52.1 Å². The molecule has 3 aromatic rings. The number of nitrogens with one attached hydrogen (secondary N) is 1. The second-order valence-corrected chi connectivity index (χ2v) is 8.39. The number of carbonyl (C=O) groups excluding carboxylic acids is 2. The maximum atomic E-state index is 13.5. The van der Waals surface area contributed by atoms with Crippen molar-refractivity contribution in [1.82, 2.24) is 14.8 Å². The summed E-state index contributed by atoms with van der Waals surface area (Å²) in [5.74, 6) is 0.648. The maximum Gasteiger partial charge on any atom is 0.247 e. The van der Waals surface area contributed by atoms with E-state index in [2.05, 4.69) is 9.88 Å². The number of thioether (sulfide) groups is 1. The Kier molecular flexibility index (Phi) is 6.67. The molecule has 0 bridgehead atoms. The van der Waals surface area contributed by atoms with E-state index in [0.717, 1.165) is 27.9 Å². The Morgan fingerprint density at radius 1 is 1.29 bits per heavy atom. The predicted octanol–water partition coefficient (Wildman–Crippen LogP) is 3.49. The summed E-state index contributed by atoms with van der Waals surface area (Å²) in [5.41, 5.74) is 1.92. The molecule has 1 aromatic carbocycles. The Balaban J connectivity index is 1.73. The number of furan rings is 1. The highest BCUT2D eigenvalue weighted by Gasteiger charge is 2.39. The molecule has 2 amide bonds. The average molecular weight is 442 g/mol. The monoisotopic (exact) mass is 441 g/mol. The number of hydrogen-bond donors (Lipinski definition) is 1. The van der Waals surface area contributed by atoms with Crippen LogP contribution < -0.4 is 5.32 Å². The molecule has 31 heavy (non-hydrogen) atoms. The highest BCUT2D eigenvalue weighted by Crippen LogP contribution is 2.42. The number of fused-ring (bicyclic) bond motifs is 3. The lowest BCUT2D eigenvalue weighted by molar-refractivity contribution is -0.139. The van der Waals surface area contributed by atoms with Gasteiger partial charge in [-0.2, -0.15) is 0 Å². The third kappa shape index (κ3) is 4.36. The number of aromatic nitrogens is 1. The number of para-hydroxylation sites is 1. The minimum absolute atomic E-state index is 0.0869. The number of ether oxygens (including phenoxy) is 1. The third-order valence-electron chi connectivity index (χ3n) is 5.45. The van der Waals surface area contributed by atoms with Crippen LogP contribution in [-0.2, 0) is 27.9 Å². The average Bonchev–Trinajstić information content (AvgIpc) is 3.35. The van der Waals surface area contributed by atoms with Gasteiger partial charge >= 0.3 is 0 Å². The van der Waals surface area contributed by atoms with E-state index in [9.17, 15) is 9.59 Å². The zero-order valence-corrected chi connectivity index (χ0v) is 18.6. The summed E-state index contributed by atoms with van der Waals surface area (Å²) in [6.45, 7) is 3.92. The molecule has 2 aromatic heterocycles. The van der Waals surface area contributed by atoms with Crippen LogP contribution in [0, 0.1) is 0 Å². The molecule has 164 valence electrons. The second kappa shape index (κ2) is 9.62. The van der Waals surface area contributed by atoms with Gasteiger partial charge in [-0.15, -0.1) is 0 Å². The number of nitrogens with zero attached hydrogens (tertiary/aromatic N) is 2. The van der Waals surface area contributed by atoms with Gasteiger partial charge in [0.2, 0.25) is 11.8 Å². The second-order valence-electron chi connectivity index (χ2n) is 7.43. The fourth-order valence-corrected chi connectivity index (χ4v) is 5.10. The largest absolute Gasteiger partial charge is 0.467 e. The first-order valence-corrected chi connectivity index (χ1v) is 11.5. The standard InChI is InChI=1S/C23H27N3O4S/c1-3-29-12-7-11-24-22(28)21-20-17-9-4-5-10-18(17)25(2)23(20)31-15-19(27)26(21)14-16-8-6-13-30-16/h4-6,8-10,13,21H,3,7,11-12,14-15H2,1-2H3,(H,24,28)/t21-/m1/s1. The van der Waals surface area contributed by atoms with Crippen molar-refractivity contribution in [1.29, 1.82) is 0 Å². The zero-order valence-electron chi connectivity index (χ0n) is 17.8. The first-order chi connectivity index (χ1) is 15.1. The van der Waals surface area contributed by atoms with Crippen molar-refractivity contribution in [2.45, 2.75) is 31.0 Å². The fourth-order valence-electron chi connectivity index (χ4n) is 4.00. The van der Waals surface area contributed by atoms with Crippen molar-refractivity contribution in [2.75, 3.05) is 25.5 Å². The minimum Gasteiger partial charge on any atom is -0.467 e. The molecule has 1 atom stereocenters. The fraction of sp³-hybridized carbons (Fsp3) is 0.391. The van der Waals surface area contributed by atoms with E-state index in [4.69, 9.17) is 9.15 Å². The molecular formula is C23H27N3O4S. The van der Waals surface area contributed by atoms with Gasteiger partial charge in [-0.3, -0.25) is 9.59 Å². The predicted molar refractivity (Wildman–Crippen MR) is 120 cm³/mol. The highest BCUT2D eigenvalue weighted by atomic mass is 32.2. The van der Waals surface area contributed by atoms with E-state index >= 15 is 0 Å². The molecule has 0 radical (unpaired) electrons. The summed E-state index contributed by atoms with van der Waals surface area (Å²) < 4.78 is 13.0.